The molecule has 0 aliphatic carbocycles. The molecule has 2 heterocycles. The maximum atomic E-state index is 11.7. The number of rotatable bonds is 3. The molecule has 16 heavy (non-hydrogen) atoms. The smallest absolute Gasteiger partial charge is 0.275 e. The van der Waals surface area contributed by atoms with Crippen molar-refractivity contribution in [1.29, 1.82) is 0 Å². The lowest BCUT2D eigenvalue weighted by molar-refractivity contribution is 0.102. The topological polar surface area (TPSA) is 106 Å². The van der Waals surface area contributed by atoms with Gasteiger partial charge in [0.05, 0.1) is 6.20 Å². The molecular formula is C8H8N6OS. The summed E-state index contributed by atoms with van der Waals surface area (Å²) in [6.45, 7) is 0. The summed E-state index contributed by atoms with van der Waals surface area (Å²) >= 11 is 1.09. The minimum absolute atomic E-state index is 0.267. The molecule has 0 fully saturated rings. The number of carbonyl (C=O) groups is 1. The van der Waals surface area contributed by atoms with E-state index in [2.05, 4.69) is 25.3 Å². The number of carbonyl (C=O) groups excluding carboxylic acids is 1. The molecule has 0 spiro atoms. The fourth-order valence-electron chi connectivity index (χ4n) is 1.04. The van der Waals surface area contributed by atoms with Gasteiger partial charge in [-0.05, 0) is 12.1 Å². The lowest BCUT2D eigenvalue weighted by atomic mass is 10.3. The van der Waals surface area contributed by atoms with Crippen LogP contribution >= 0.6 is 11.5 Å². The van der Waals surface area contributed by atoms with E-state index in [1.807, 2.05) is 0 Å². The Kier molecular flexibility index (Phi) is 3.03. The molecule has 0 bridgehead atoms. The number of nitrogens with one attached hydrogen (secondary N) is 2. The first-order chi connectivity index (χ1) is 7.79. The Morgan fingerprint density at radius 3 is 3.00 bits per heavy atom. The summed E-state index contributed by atoms with van der Waals surface area (Å²) in [5, 5.41) is 6.78. The van der Waals surface area contributed by atoms with Gasteiger partial charge in [0.2, 0.25) is 0 Å². The van der Waals surface area contributed by atoms with E-state index in [9.17, 15) is 4.79 Å². The average molecular weight is 236 g/mol. The van der Waals surface area contributed by atoms with E-state index in [-0.39, 0.29) is 11.6 Å². The van der Waals surface area contributed by atoms with Gasteiger partial charge in [-0.25, -0.2) is 10.8 Å². The van der Waals surface area contributed by atoms with Crippen molar-refractivity contribution in [2.24, 2.45) is 5.84 Å². The lowest BCUT2D eigenvalue weighted by Crippen LogP contribution is -2.15. The maximum Gasteiger partial charge on any atom is 0.275 e. The fourth-order valence-corrected chi connectivity index (χ4v) is 1.45. The van der Waals surface area contributed by atoms with Gasteiger partial charge < -0.3 is 10.7 Å². The average Bonchev–Trinajstić information content (AvgIpc) is 2.82. The van der Waals surface area contributed by atoms with Crippen LogP contribution in [0.4, 0.5) is 10.8 Å². The summed E-state index contributed by atoms with van der Waals surface area (Å²) in [7, 11) is 0. The van der Waals surface area contributed by atoms with Gasteiger partial charge in [0.15, 0.2) is 0 Å². The number of hydrogen-bond acceptors (Lipinski definition) is 7. The van der Waals surface area contributed by atoms with Crippen LogP contribution in [0.5, 0.6) is 0 Å². The minimum atomic E-state index is -0.330. The molecule has 0 unspecified atom stereocenters. The number of pyridine rings is 1. The first kappa shape index (κ1) is 10.5. The Morgan fingerprint density at radius 2 is 2.31 bits per heavy atom. The van der Waals surface area contributed by atoms with Crippen molar-refractivity contribution >= 4 is 28.3 Å². The van der Waals surface area contributed by atoms with E-state index in [1.54, 1.807) is 18.2 Å². The van der Waals surface area contributed by atoms with Crippen molar-refractivity contribution in [3.05, 3.63) is 30.1 Å². The quantitative estimate of drug-likeness (QED) is 0.528. The van der Waals surface area contributed by atoms with Crippen LogP contribution in [0.3, 0.4) is 0 Å². The second-order valence-electron chi connectivity index (χ2n) is 2.79. The Labute approximate surface area is 94.8 Å². The van der Waals surface area contributed by atoms with Crippen molar-refractivity contribution in [2.75, 3.05) is 10.7 Å². The molecule has 0 saturated carbocycles. The SMILES string of the molecule is NNc1cccc(C(=O)Nc2cnns2)n1. The van der Waals surface area contributed by atoms with E-state index < -0.39 is 0 Å². The lowest BCUT2D eigenvalue weighted by Gasteiger charge is -2.03. The zero-order valence-electron chi connectivity index (χ0n) is 8.04. The Bertz CT molecular complexity index is 485. The van der Waals surface area contributed by atoms with Crippen LogP contribution in [-0.4, -0.2) is 20.5 Å². The Balaban J connectivity index is 2.14. The number of amides is 1. The molecule has 7 nitrogen and oxygen atoms in total. The summed E-state index contributed by atoms with van der Waals surface area (Å²) < 4.78 is 3.63. The molecule has 0 atom stereocenters. The number of nitrogen functional groups attached to an aromatic ring is 1. The van der Waals surface area contributed by atoms with Crippen LogP contribution in [0.2, 0.25) is 0 Å². The van der Waals surface area contributed by atoms with Crippen LogP contribution in [0.25, 0.3) is 0 Å². The third kappa shape index (κ3) is 2.30. The third-order valence-corrected chi connectivity index (χ3v) is 2.31. The maximum absolute atomic E-state index is 11.7. The number of aromatic nitrogens is 3. The van der Waals surface area contributed by atoms with Gasteiger partial charge in [-0.1, -0.05) is 10.6 Å². The zero-order valence-corrected chi connectivity index (χ0v) is 8.86. The Morgan fingerprint density at radius 1 is 1.44 bits per heavy atom. The van der Waals surface area contributed by atoms with Gasteiger partial charge in [0, 0.05) is 11.5 Å². The summed E-state index contributed by atoms with van der Waals surface area (Å²) in [5.41, 5.74) is 2.64. The predicted molar refractivity (Wildman–Crippen MR) is 59.9 cm³/mol. The molecule has 1 amide bonds. The number of hydrogen-bond donors (Lipinski definition) is 3. The molecule has 82 valence electrons. The van der Waals surface area contributed by atoms with Crippen LogP contribution in [0.15, 0.2) is 24.4 Å². The van der Waals surface area contributed by atoms with E-state index in [0.29, 0.717) is 10.8 Å². The summed E-state index contributed by atoms with van der Waals surface area (Å²) in [6.07, 6.45) is 1.47. The number of hydrazine groups is 1. The molecule has 0 aromatic carbocycles. The molecular weight excluding hydrogens is 228 g/mol. The molecule has 8 heteroatoms. The van der Waals surface area contributed by atoms with E-state index in [4.69, 9.17) is 5.84 Å². The van der Waals surface area contributed by atoms with Crippen LogP contribution < -0.4 is 16.6 Å². The van der Waals surface area contributed by atoms with E-state index >= 15 is 0 Å². The van der Waals surface area contributed by atoms with Crippen molar-refractivity contribution in [3.63, 3.8) is 0 Å². The minimum Gasteiger partial charge on any atom is -0.310 e. The first-order valence-corrected chi connectivity index (χ1v) is 5.09. The summed E-state index contributed by atoms with van der Waals surface area (Å²) in [5.74, 6) is 5.29. The fraction of sp³-hybridized carbons (Fsp3) is 0. The third-order valence-electron chi connectivity index (χ3n) is 1.73. The molecule has 0 saturated heterocycles. The van der Waals surface area contributed by atoms with Crippen LogP contribution in [-0.2, 0) is 0 Å². The number of nitrogens with zero attached hydrogens (tertiary/aromatic N) is 3. The van der Waals surface area contributed by atoms with Crippen LogP contribution in [0, 0.1) is 0 Å². The first-order valence-electron chi connectivity index (χ1n) is 4.32. The highest BCUT2D eigenvalue weighted by Gasteiger charge is 2.09. The van der Waals surface area contributed by atoms with Gasteiger partial charge in [-0.3, -0.25) is 4.79 Å². The standard InChI is InChI=1S/C8H8N6OS/c9-13-6-3-1-2-5(11-6)8(15)12-7-4-10-14-16-7/h1-4H,9H2,(H,11,13)(H,12,15). The second-order valence-corrected chi connectivity index (χ2v) is 3.57. The van der Waals surface area contributed by atoms with Gasteiger partial charge >= 0.3 is 0 Å². The van der Waals surface area contributed by atoms with Crippen molar-refractivity contribution < 1.29 is 4.79 Å². The molecule has 0 radical (unpaired) electrons. The molecule has 2 rings (SSSR count). The van der Waals surface area contributed by atoms with Crippen molar-refractivity contribution in [2.45, 2.75) is 0 Å². The van der Waals surface area contributed by atoms with E-state index in [1.165, 1.54) is 6.20 Å². The molecule has 2 aromatic heterocycles. The van der Waals surface area contributed by atoms with Crippen molar-refractivity contribution in [1.82, 2.24) is 14.6 Å². The molecule has 4 N–H and O–H groups in total. The highest BCUT2D eigenvalue weighted by Crippen LogP contribution is 2.11. The van der Waals surface area contributed by atoms with Gasteiger partial charge in [-0.15, -0.1) is 5.10 Å². The number of nitrogens with two attached hydrogens (primary N) is 1. The largest absolute Gasteiger partial charge is 0.310 e. The van der Waals surface area contributed by atoms with Crippen LogP contribution in [0.1, 0.15) is 10.5 Å². The Hall–Kier alpha value is -2.06. The van der Waals surface area contributed by atoms with Gasteiger partial charge in [0.25, 0.3) is 5.91 Å². The highest BCUT2D eigenvalue weighted by atomic mass is 32.1. The molecule has 0 aliphatic rings. The predicted octanol–water partition coefficient (Wildman–Crippen LogP) is 0.471. The molecule has 0 aliphatic heterocycles. The highest BCUT2D eigenvalue weighted by molar-refractivity contribution is 7.10. The van der Waals surface area contributed by atoms with Crippen molar-refractivity contribution in [3.8, 4) is 0 Å². The van der Waals surface area contributed by atoms with Gasteiger partial charge in [0.1, 0.15) is 16.5 Å². The zero-order chi connectivity index (χ0) is 11.4. The molecule has 2 aromatic rings. The number of anilines is 2. The summed E-state index contributed by atoms with van der Waals surface area (Å²) in [4.78, 5) is 15.7. The second kappa shape index (κ2) is 4.64. The summed E-state index contributed by atoms with van der Waals surface area (Å²) in [6, 6.07) is 4.93. The van der Waals surface area contributed by atoms with Gasteiger partial charge in [-0.2, -0.15) is 0 Å². The van der Waals surface area contributed by atoms with E-state index in [0.717, 1.165) is 11.5 Å². The monoisotopic (exact) mass is 236 g/mol. The normalized spacial score (nSPS) is 9.81.